The van der Waals surface area contributed by atoms with Gasteiger partial charge in [-0.3, -0.25) is 9.59 Å². The van der Waals surface area contributed by atoms with Gasteiger partial charge in [0, 0.05) is 17.1 Å². The van der Waals surface area contributed by atoms with Gasteiger partial charge < -0.3 is 10.1 Å². The van der Waals surface area contributed by atoms with Gasteiger partial charge in [0.2, 0.25) is 5.43 Å². The molecule has 5 nitrogen and oxygen atoms in total. The van der Waals surface area contributed by atoms with Gasteiger partial charge in [0.25, 0.3) is 0 Å². The van der Waals surface area contributed by atoms with Crippen LogP contribution in [0.3, 0.4) is 0 Å². The lowest BCUT2D eigenvalue weighted by Crippen LogP contribution is -2.15. The molecule has 2 rings (SSSR count). The second-order valence-corrected chi connectivity index (χ2v) is 3.64. The number of hydrogen-bond acceptors (Lipinski definition) is 3. The molecule has 90 valence electrons. The van der Waals surface area contributed by atoms with Crippen molar-refractivity contribution in [2.24, 2.45) is 0 Å². The van der Waals surface area contributed by atoms with Gasteiger partial charge >= 0.3 is 5.97 Å². The normalized spacial score (nSPS) is 10.9. The fraction of sp³-hybridized carbons (Fsp3) is 0. The Morgan fingerprint density at radius 3 is 2.78 bits per heavy atom. The molecule has 0 aliphatic carbocycles. The van der Waals surface area contributed by atoms with E-state index in [0.29, 0.717) is 17.2 Å². The summed E-state index contributed by atoms with van der Waals surface area (Å²) in [7, 11) is 0. The number of carbonyl (C=O) groups is 2. The van der Waals surface area contributed by atoms with E-state index in [1.165, 1.54) is 18.3 Å². The smallest absolute Gasteiger partial charge is 0.341 e. The third-order valence-electron chi connectivity index (χ3n) is 2.50. The van der Waals surface area contributed by atoms with E-state index in [1.807, 2.05) is 0 Å². The van der Waals surface area contributed by atoms with Crippen LogP contribution < -0.4 is 5.43 Å². The highest BCUT2D eigenvalue weighted by atomic mass is 16.4. The molecule has 2 aromatic rings. The number of nitrogens with one attached hydrogen (secondary N) is 1. The molecule has 0 bridgehead atoms. The Hall–Kier alpha value is -2.69. The Balaban J connectivity index is 2.65. The molecule has 0 saturated carbocycles. The topological polar surface area (TPSA) is 87.2 Å². The lowest BCUT2D eigenvalue weighted by molar-refractivity contribution is -0.104. The molecule has 0 spiro atoms. The number of allylic oxidation sites excluding steroid dienone is 1. The molecule has 1 aromatic heterocycles. The number of aromatic nitrogens is 1. The molecular weight excluding hydrogens is 234 g/mol. The van der Waals surface area contributed by atoms with E-state index >= 15 is 0 Å². The maximum absolute atomic E-state index is 11.8. The first kappa shape index (κ1) is 11.8. The first-order chi connectivity index (χ1) is 8.63. The summed E-state index contributed by atoms with van der Waals surface area (Å²) < 4.78 is 0. The standard InChI is InChI=1S/C13H9NO4/c15-5-1-2-8-3-4-9-11(6-8)14-7-10(12(9)16)13(17)18/h1-7H,(H,14,16)(H,17,18). The number of carbonyl (C=O) groups excluding carboxylic acids is 1. The average Bonchev–Trinajstić information content (AvgIpc) is 2.36. The monoisotopic (exact) mass is 243 g/mol. The van der Waals surface area contributed by atoms with Crippen LogP contribution in [0.5, 0.6) is 0 Å². The van der Waals surface area contributed by atoms with Crippen molar-refractivity contribution in [1.29, 1.82) is 0 Å². The highest BCUT2D eigenvalue weighted by Crippen LogP contribution is 2.12. The molecule has 0 aliphatic heterocycles. The van der Waals surface area contributed by atoms with Crippen molar-refractivity contribution >= 4 is 29.2 Å². The number of carboxylic acid groups (broad SMARTS) is 1. The van der Waals surface area contributed by atoms with Gasteiger partial charge in [-0.1, -0.05) is 12.1 Å². The highest BCUT2D eigenvalue weighted by molar-refractivity contribution is 5.92. The third kappa shape index (κ3) is 2.06. The maximum Gasteiger partial charge on any atom is 0.341 e. The van der Waals surface area contributed by atoms with E-state index in [1.54, 1.807) is 18.2 Å². The largest absolute Gasteiger partial charge is 0.477 e. The van der Waals surface area contributed by atoms with Gasteiger partial charge in [-0.25, -0.2) is 4.79 Å². The molecule has 5 heteroatoms. The molecule has 1 aromatic carbocycles. The number of benzene rings is 1. The zero-order valence-electron chi connectivity index (χ0n) is 9.21. The fourth-order valence-corrected chi connectivity index (χ4v) is 1.65. The Labute approximate surface area is 101 Å². The number of aldehydes is 1. The summed E-state index contributed by atoms with van der Waals surface area (Å²) in [4.78, 5) is 35.6. The average molecular weight is 243 g/mol. The highest BCUT2D eigenvalue weighted by Gasteiger charge is 2.10. The van der Waals surface area contributed by atoms with Gasteiger partial charge in [0.05, 0.1) is 0 Å². The summed E-state index contributed by atoms with van der Waals surface area (Å²) in [6.07, 6.45) is 4.75. The van der Waals surface area contributed by atoms with Crippen molar-refractivity contribution in [3.8, 4) is 0 Å². The zero-order valence-corrected chi connectivity index (χ0v) is 9.21. The predicted octanol–water partition coefficient (Wildman–Crippen LogP) is 1.44. The van der Waals surface area contributed by atoms with E-state index in [9.17, 15) is 14.4 Å². The number of rotatable bonds is 3. The van der Waals surface area contributed by atoms with E-state index in [2.05, 4.69) is 4.98 Å². The van der Waals surface area contributed by atoms with Gasteiger partial charge in [-0.2, -0.15) is 0 Å². The van der Waals surface area contributed by atoms with Crippen LogP contribution in [0.4, 0.5) is 0 Å². The van der Waals surface area contributed by atoms with Crippen molar-refractivity contribution in [2.75, 3.05) is 0 Å². The van der Waals surface area contributed by atoms with Gasteiger partial charge in [0.1, 0.15) is 11.8 Å². The third-order valence-corrected chi connectivity index (χ3v) is 2.50. The van der Waals surface area contributed by atoms with Crippen LogP contribution in [0.25, 0.3) is 17.0 Å². The van der Waals surface area contributed by atoms with Gasteiger partial charge in [-0.05, 0) is 23.8 Å². The molecule has 1 heterocycles. The maximum atomic E-state index is 11.8. The van der Waals surface area contributed by atoms with Crippen molar-refractivity contribution in [3.63, 3.8) is 0 Å². The molecular formula is C13H9NO4. The first-order valence-corrected chi connectivity index (χ1v) is 5.14. The molecule has 0 fully saturated rings. The Kier molecular flexibility index (Phi) is 3.05. The second kappa shape index (κ2) is 4.67. The van der Waals surface area contributed by atoms with E-state index in [4.69, 9.17) is 5.11 Å². The van der Waals surface area contributed by atoms with Crippen LogP contribution in [-0.2, 0) is 4.79 Å². The number of hydrogen-bond donors (Lipinski definition) is 2. The van der Waals surface area contributed by atoms with Crippen LogP contribution >= 0.6 is 0 Å². The Morgan fingerprint density at radius 2 is 2.11 bits per heavy atom. The van der Waals surface area contributed by atoms with Crippen molar-refractivity contribution in [3.05, 3.63) is 51.8 Å². The Bertz CT molecular complexity index is 712. The van der Waals surface area contributed by atoms with Gasteiger partial charge in [-0.15, -0.1) is 0 Å². The summed E-state index contributed by atoms with van der Waals surface area (Å²) in [6.45, 7) is 0. The van der Waals surface area contributed by atoms with Crippen LogP contribution in [0.2, 0.25) is 0 Å². The number of aromatic amines is 1. The Morgan fingerprint density at radius 1 is 1.33 bits per heavy atom. The zero-order chi connectivity index (χ0) is 13.1. The van der Waals surface area contributed by atoms with Crippen molar-refractivity contribution in [1.82, 2.24) is 4.98 Å². The molecule has 2 N–H and O–H groups in total. The SMILES string of the molecule is O=CC=Cc1ccc2c(=O)c(C(=O)O)c[nH]c2c1. The molecule has 0 amide bonds. The lowest BCUT2D eigenvalue weighted by Gasteiger charge is -2.01. The van der Waals surface area contributed by atoms with Crippen molar-refractivity contribution in [2.45, 2.75) is 0 Å². The molecule has 0 radical (unpaired) electrons. The summed E-state index contributed by atoms with van der Waals surface area (Å²) in [5.74, 6) is -1.26. The summed E-state index contributed by atoms with van der Waals surface area (Å²) in [5, 5.41) is 9.13. The van der Waals surface area contributed by atoms with Crippen molar-refractivity contribution < 1.29 is 14.7 Å². The minimum atomic E-state index is -1.26. The van der Waals surface area contributed by atoms with E-state index < -0.39 is 11.4 Å². The number of aromatic carboxylic acids is 1. The minimum Gasteiger partial charge on any atom is -0.477 e. The molecule has 0 atom stereocenters. The second-order valence-electron chi connectivity index (χ2n) is 3.64. The number of fused-ring (bicyclic) bond motifs is 1. The quantitative estimate of drug-likeness (QED) is 0.630. The summed E-state index contributed by atoms with van der Waals surface area (Å²) in [6, 6.07) is 4.84. The van der Waals surface area contributed by atoms with E-state index in [0.717, 1.165) is 5.56 Å². The number of carboxylic acids is 1. The summed E-state index contributed by atoms with van der Waals surface area (Å²) in [5.41, 5.74) is 0.451. The molecule has 18 heavy (non-hydrogen) atoms. The summed E-state index contributed by atoms with van der Waals surface area (Å²) >= 11 is 0. The van der Waals surface area contributed by atoms with Crippen LogP contribution in [-0.4, -0.2) is 22.3 Å². The molecule has 0 unspecified atom stereocenters. The van der Waals surface area contributed by atoms with Gasteiger partial charge in [0.15, 0.2) is 0 Å². The first-order valence-electron chi connectivity index (χ1n) is 5.14. The van der Waals surface area contributed by atoms with Crippen LogP contribution in [0.15, 0.2) is 35.3 Å². The van der Waals surface area contributed by atoms with E-state index in [-0.39, 0.29) is 5.56 Å². The number of H-pyrrole nitrogens is 1. The number of pyridine rings is 1. The predicted molar refractivity (Wildman–Crippen MR) is 66.6 cm³/mol. The minimum absolute atomic E-state index is 0.293. The lowest BCUT2D eigenvalue weighted by atomic mass is 10.1. The van der Waals surface area contributed by atoms with Crippen LogP contribution in [0.1, 0.15) is 15.9 Å². The van der Waals surface area contributed by atoms with Crippen LogP contribution in [0, 0.1) is 0 Å². The fourth-order valence-electron chi connectivity index (χ4n) is 1.65. The molecule has 0 aliphatic rings. The molecule has 0 saturated heterocycles.